The predicted molar refractivity (Wildman–Crippen MR) is 97.0 cm³/mol. The van der Waals surface area contributed by atoms with Gasteiger partial charge in [0, 0.05) is 31.4 Å². The van der Waals surface area contributed by atoms with Crippen molar-refractivity contribution >= 4 is 22.7 Å². The highest BCUT2D eigenvalue weighted by Gasteiger charge is 2.15. The Balaban J connectivity index is 1.56. The summed E-state index contributed by atoms with van der Waals surface area (Å²) in [7, 11) is 0. The van der Waals surface area contributed by atoms with Crippen LogP contribution >= 0.6 is 0 Å². The molecule has 128 valence electrons. The van der Waals surface area contributed by atoms with Gasteiger partial charge in [-0.1, -0.05) is 18.2 Å². The molecule has 0 radical (unpaired) electrons. The van der Waals surface area contributed by atoms with Crippen LogP contribution in [-0.4, -0.2) is 41.3 Å². The number of fused-ring (bicyclic) bond motifs is 1. The number of rotatable bonds is 4. The second-order valence-electron chi connectivity index (χ2n) is 5.87. The van der Waals surface area contributed by atoms with Crippen LogP contribution in [0.1, 0.15) is 5.56 Å². The summed E-state index contributed by atoms with van der Waals surface area (Å²) < 4.78 is 5.41. The maximum absolute atomic E-state index is 12.2. The molecule has 0 aliphatic carbocycles. The molecule has 4 rings (SSSR count). The van der Waals surface area contributed by atoms with E-state index in [0.717, 1.165) is 24.5 Å². The van der Waals surface area contributed by atoms with Gasteiger partial charge in [-0.3, -0.25) is 9.78 Å². The van der Waals surface area contributed by atoms with E-state index in [2.05, 4.69) is 25.2 Å². The molecule has 2 N–H and O–H groups in total. The Hall–Kier alpha value is -2.93. The maximum Gasteiger partial charge on any atom is 0.260 e. The molecule has 1 fully saturated rings. The van der Waals surface area contributed by atoms with Crippen LogP contribution in [0.4, 0.5) is 11.8 Å². The molecule has 0 saturated carbocycles. The van der Waals surface area contributed by atoms with Crippen molar-refractivity contribution in [2.24, 2.45) is 0 Å². The Morgan fingerprint density at radius 3 is 2.88 bits per heavy atom. The number of morpholine rings is 1. The van der Waals surface area contributed by atoms with Crippen LogP contribution in [0.5, 0.6) is 0 Å². The Morgan fingerprint density at radius 1 is 1.16 bits per heavy atom. The Bertz CT molecular complexity index is 934. The number of para-hydroxylation sites is 1. The Kier molecular flexibility index (Phi) is 4.30. The number of pyridine rings is 1. The van der Waals surface area contributed by atoms with Gasteiger partial charge in [0.2, 0.25) is 5.95 Å². The molecule has 0 amide bonds. The number of aromatic amines is 1. The van der Waals surface area contributed by atoms with Crippen LogP contribution in [-0.2, 0) is 11.3 Å². The van der Waals surface area contributed by atoms with Gasteiger partial charge in [-0.25, -0.2) is 9.97 Å². The molecule has 0 spiro atoms. The zero-order valence-corrected chi connectivity index (χ0v) is 13.7. The number of nitrogens with zero attached hydrogens (tertiary/aromatic N) is 3. The van der Waals surface area contributed by atoms with Crippen LogP contribution < -0.4 is 15.8 Å². The van der Waals surface area contributed by atoms with Gasteiger partial charge >= 0.3 is 0 Å². The lowest BCUT2D eigenvalue weighted by Crippen LogP contribution is -2.37. The van der Waals surface area contributed by atoms with Crippen LogP contribution in [0.3, 0.4) is 0 Å². The van der Waals surface area contributed by atoms with Gasteiger partial charge in [0.15, 0.2) is 0 Å². The summed E-state index contributed by atoms with van der Waals surface area (Å²) in [6, 6.07) is 11.2. The van der Waals surface area contributed by atoms with E-state index >= 15 is 0 Å². The molecule has 3 heterocycles. The van der Waals surface area contributed by atoms with E-state index in [4.69, 9.17) is 4.74 Å². The third kappa shape index (κ3) is 3.32. The van der Waals surface area contributed by atoms with Gasteiger partial charge in [-0.05, 0) is 18.2 Å². The minimum Gasteiger partial charge on any atom is -0.378 e. The van der Waals surface area contributed by atoms with Crippen molar-refractivity contribution in [3.8, 4) is 0 Å². The van der Waals surface area contributed by atoms with Crippen molar-refractivity contribution in [1.29, 1.82) is 0 Å². The fraction of sp³-hybridized carbons (Fsp3) is 0.278. The molecule has 3 aromatic rings. The SMILES string of the molecule is O=c1[nH]c(NCc2cccnc2N2CCOCC2)nc2ccccc12. The zero-order valence-electron chi connectivity index (χ0n) is 13.7. The van der Waals surface area contributed by atoms with Crippen molar-refractivity contribution in [2.45, 2.75) is 6.54 Å². The van der Waals surface area contributed by atoms with E-state index in [1.807, 2.05) is 30.3 Å². The average Bonchev–Trinajstić information content (AvgIpc) is 2.67. The van der Waals surface area contributed by atoms with Crippen molar-refractivity contribution < 1.29 is 4.74 Å². The Morgan fingerprint density at radius 2 is 2.00 bits per heavy atom. The number of hydrogen-bond acceptors (Lipinski definition) is 6. The van der Waals surface area contributed by atoms with Gasteiger partial charge in [0.1, 0.15) is 5.82 Å². The molecule has 7 heteroatoms. The van der Waals surface area contributed by atoms with E-state index in [-0.39, 0.29) is 5.56 Å². The van der Waals surface area contributed by atoms with E-state index in [1.165, 1.54) is 0 Å². The first kappa shape index (κ1) is 15.6. The molecule has 2 aromatic heterocycles. The topological polar surface area (TPSA) is 83.1 Å². The third-order valence-electron chi connectivity index (χ3n) is 4.24. The lowest BCUT2D eigenvalue weighted by molar-refractivity contribution is 0.122. The summed E-state index contributed by atoms with van der Waals surface area (Å²) in [4.78, 5) is 26.2. The minimum absolute atomic E-state index is 0.146. The fourth-order valence-electron chi connectivity index (χ4n) is 2.98. The van der Waals surface area contributed by atoms with Crippen molar-refractivity contribution in [3.63, 3.8) is 0 Å². The summed E-state index contributed by atoms with van der Waals surface area (Å²) in [5.41, 5.74) is 1.58. The third-order valence-corrected chi connectivity index (χ3v) is 4.24. The first-order chi connectivity index (χ1) is 12.3. The number of benzene rings is 1. The summed E-state index contributed by atoms with van der Waals surface area (Å²) >= 11 is 0. The van der Waals surface area contributed by atoms with Crippen molar-refractivity contribution in [3.05, 3.63) is 58.5 Å². The summed E-state index contributed by atoms with van der Waals surface area (Å²) in [5, 5.41) is 3.80. The highest BCUT2D eigenvalue weighted by atomic mass is 16.5. The van der Waals surface area contributed by atoms with Gasteiger partial charge < -0.3 is 15.0 Å². The molecule has 1 aliphatic heterocycles. The van der Waals surface area contributed by atoms with Crippen LogP contribution in [0.25, 0.3) is 10.9 Å². The maximum atomic E-state index is 12.2. The monoisotopic (exact) mass is 337 g/mol. The summed E-state index contributed by atoms with van der Waals surface area (Å²) in [6.07, 6.45) is 1.80. The Labute approximate surface area is 144 Å². The number of nitrogens with one attached hydrogen (secondary N) is 2. The minimum atomic E-state index is -0.146. The smallest absolute Gasteiger partial charge is 0.260 e. The van der Waals surface area contributed by atoms with Crippen molar-refractivity contribution in [2.75, 3.05) is 36.5 Å². The second kappa shape index (κ2) is 6.90. The molecular formula is C18H19N5O2. The zero-order chi connectivity index (χ0) is 17.1. The molecule has 1 aromatic carbocycles. The summed E-state index contributed by atoms with van der Waals surface area (Å²) in [5.74, 6) is 1.40. The van der Waals surface area contributed by atoms with E-state index < -0.39 is 0 Å². The molecule has 1 saturated heterocycles. The van der Waals surface area contributed by atoms with E-state index in [9.17, 15) is 4.79 Å². The number of anilines is 2. The largest absolute Gasteiger partial charge is 0.378 e. The predicted octanol–water partition coefficient (Wildman–Crippen LogP) is 1.77. The lowest BCUT2D eigenvalue weighted by atomic mass is 10.2. The normalized spacial score (nSPS) is 14.6. The molecular weight excluding hydrogens is 318 g/mol. The van der Waals surface area contributed by atoms with Crippen LogP contribution in [0.2, 0.25) is 0 Å². The van der Waals surface area contributed by atoms with Crippen LogP contribution in [0, 0.1) is 0 Å². The average molecular weight is 337 g/mol. The molecule has 7 nitrogen and oxygen atoms in total. The van der Waals surface area contributed by atoms with E-state index in [0.29, 0.717) is 36.6 Å². The van der Waals surface area contributed by atoms with Gasteiger partial charge in [-0.15, -0.1) is 0 Å². The number of aromatic nitrogens is 3. The number of ether oxygens (including phenoxy) is 1. The van der Waals surface area contributed by atoms with Gasteiger partial charge in [-0.2, -0.15) is 0 Å². The van der Waals surface area contributed by atoms with Gasteiger partial charge in [0.05, 0.1) is 24.1 Å². The first-order valence-corrected chi connectivity index (χ1v) is 8.31. The van der Waals surface area contributed by atoms with Crippen LogP contribution in [0.15, 0.2) is 47.4 Å². The molecule has 0 atom stereocenters. The number of H-pyrrole nitrogens is 1. The molecule has 25 heavy (non-hydrogen) atoms. The molecule has 0 bridgehead atoms. The number of hydrogen-bond donors (Lipinski definition) is 2. The first-order valence-electron chi connectivity index (χ1n) is 8.31. The lowest BCUT2D eigenvalue weighted by Gasteiger charge is -2.29. The second-order valence-corrected chi connectivity index (χ2v) is 5.87. The molecule has 1 aliphatic rings. The highest BCUT2D eigenvalue weighted by Crippen LogP contribution is 2.19. The summed E-state index contributed by atoms with van der Waals surface area (Å²) in [6.45, 7) is 3.61. The molecule has 0 unspecified atom stereocenters. The quantitative estimate of drug-likeness (QED) is 0.755. The van der Waals surface area contributed by atoms with Gasteiger partial charge in [0.25, 0.3) is 5.56 Å². The fourth-order valence-corrected chi connectivity index (χ4v) is 2.98. The van der Waals surface area contributed by atoms with Crippen molar-refractivity contribution in [1.82, 2.24) is 15.0 Å². The van der Waals surface area contributed by atoms with E-state index in [1.54, 1.807) is 12.3 Å². The standard InChI is InChI=1S/C18H19N5O2/c24-17-14-5-1-2-6-15(14)21-18(22-17)20-12-13-4-3-7-19-16(13)23-8-10-25-11-9-23/h1-7H,8-12H2,(H2,20,21,22,24). The highest BCUT2D eigenvalue weighted by molar-refractivity contribution is 5.78.